The van der Waals surface area contributed by atoms with Crippen molar-refractivity contribution in [2.24, 2.45) is 0 Å². The molecule has 0 fully saturated rings. The number of fused-ring (bicyclic) bond motifs is 1. The fraction of sp³-hybridized carbons (Fsp3) is 0.400. The predicted octanol–water partition coefficient (Wildman–Crippen LogP) is 1.04. The molecule has 4 heteroatoms. The highest BCUT2D eigenvalue weighted by molar-refractivity contribution is 9.10. The Bertz CT molecular complexity index is 211. The lowest BCUT2D eigenvalue weighted by molar-refractivity contribution is 0.344. The second-order valence-electron chi connectivity index (χ2n) is 1.89. The van der Waals surface area contributed by atoms with Crippen LogP contribution in [0.2, 0.25) is 0 Å². The van der Waals surface area contributed by atoms with Gasteiger partial charge in [-0.3, -0.25) is 4.57 Å². The van der Waals surface area contributed by atoms with Gasteiger partial charge in [-0.05, 0) is 15.9 Å². The maximum atomic E-state index is 5.14. The summed E-state index contributed by atoms with van der Waals surface area (Å²) in [6.07, 6.45) is 1.92. The summed E-state index contributed by atoms with van der Waals surface area (Å²) in [5.41, 5.74) is 0. The van der Waals surface area contributed by atoms with Crippen molar-refractivity contribution in [3.05, 3.63) is 10.8 Å². The second kappa shape index (κ2) is 1.73. The molecule has 3 nitrogen and oxygen atoms in total. The Morgan fingerprint density at radius 1 is 1.78 bits per heavy atom. The summed E-state index contributed by atoms with van der Waals surface area (Å²) in [4.78, 5) is 4.05. The molecule has 0 atom stereocenters. The lowest BCUT2D eigenvalue weighted by Crippen LogP contribution is -1.90. The van der Waals surface area contributed by atoms with Gasteiger partial charge in [0.25, 0.3) is 6.01 Å². The average Bonchev–Trinajstić information content (AvgIpc) is 2.22. The van der Waals surface area contributed by atoms with Crippen LogP contribution in [0.1, 0.15) is 0 Å². The SMILES string of the molecule is Brc1cn2c(n1)OCC2. The normalized spacial score (nSPS) is 15.2. The number of imidazole rings is 1. The van der Waals surface area contributed by atoms with Crippen LogP contribution in [-0.2, 0) is 6.54 Å². The molecule has 0 bridgehead atoms. The van der Waals surface area contributed by atoms with Crippen LogP contribution in [0.4, 0.5) is 0 Å². The van der Waals surface area contributed by atoms with Crippen molar-refractivity contribution in [2.45, 2.75) is 6.54 Å². The van der Waals surface area contributed by atoms with E-state index in [4.69, 9.17) is 4.74 Å². The first-order chi connectivity index (χ1) is 4.36. The molecule has 0 spiro atoms. The van der Waals surface area contributed by atoms with E-state index in [1.165, 1.54) is 0 Å². The molecule has 48 valence electrons. The third kappa shape index (κ3) is 0.738. The van der Waals surface area contributed by atoms with Crippen molar-refractivity contribution in [3.63, 3.8) is 0 Å². The Morgan fingerprint density at radius 3 is 3.44 bits per heavy atom. The minimum absolute atomic E-state index is 0.724. The molecule has 0 radical (unpaired) electrons. The predicted molar refractivity (Wildman–Crippen MR) is 35.4 cm³/mol. The Balaban J connectivity index is 2.51. The molecule has 0 aliphatic carbocycles. The van der Waals surface area contributed by atoms with Crippen LogP contribution in [0.3, 0.4) is 0 Å². The minimum atomic E-state index is 0.724. The molecule has 0 aromatic carbocycles. The first kappa shape index (κ1) is 5.29. The van der Waals surface area contributed by atoms with Crippen molar-refractivity contribution in [2.75, 3.05) is 6.61 Å². The highest BCUT2D eigenvalue weighted by Gasteiger charge is 2.12. The van der Waals surface area contributed by atoms with Crippen LogP contribution in [0.15, 0.2) is 10.8 Å². The van der Waals surface area contributed by atoms with Gasteiger partial charge in [0.05, 0.1) is 6.54 Å². The Kier molecular flexibility index (Phi) is 1.02. The number of hydrogen-bond acceptors (Lipinski definition) is 2. The van der Waals surface area contributed by atoms with E-state index in [0.717, 1.165) is 23.8 Å². The fourth-order valence-electron chi connectivity index (χ4n) is 0.879. The number of aromatic nitrogens is 2. The van der Waals surface area contributed by atoms with Crippen molar-refractivity contribution in [1.82, 2.24) is 9.55 Å². The third-order valence-electron chi connectivity index (χ3n) is 1.27. The molecule has 2 rings (SSSR count). The van der Waals surface area contributed by atoms with Gasteiger partial charge in [-0.25, -0.2) is 0 Å². The van der Waals surface area contributed by atoms with E-state index < -0.39 is 0 Å². The second-order valence-corrected chi connectivity index (χ2v) is 2.70. The number of rotatable bonds is 0. The summed E-state index contributed by atoms with van der Waals surface area (Å²) in [6, 6.07) is 0.724. The fourth-order valence-corrected chi connectivity index (χ4v) is 1.28. The highest BCUT2D eigenvalue weighted by atomic mass is 79.9. The standard InChI is InChI=1S/C5H5BrN2O/c6-4-3-8-1-2-9-5(8)7-4/h3H,1-2H2. The van der Waals surface area contributed by atoms with E-state index >= 15 is 0 Å². The molecule has 1 aliphatic rings. The Labute approximate surface area is 60.8 Å². The number of ether oxygens (including phenoxy) is 1. The third-order valence-corrected chi connectivity index (χ3v) is 1.66. The Hall–Kier alpha value is -0.510. The van der Waals surface area contributed by atoms with Crippen LogP contribution in [0.25, 0.3) is 0 Å². The molecule has 1 aliphatic heterocycles. The van der Waals surface area contributed by atoms with Crippen molar-refractivity contribution in [3.8, 4) is 6.01 Å². The average molecular weight is 189 g/mol. The van der Waals surface area contributed by atoms with Crippen LogP contribution in [0, 0.1) is 0 Å². The van der Waals surface area contributed by atoms with Crippen molar-refractivity contribution in [1.29, 1.82) is 0 Å². The molecule has 2 heterocycles. The van der Waals surface area contributed by atoms with Crippen LogP contribution < -0.4 is 4.74 Å². The zero-order valence-electron chi connectivity index (χ0n) is 4.67. The van der Waals surface area contributed by atoms with Gasteiger partial charge in [0.2, 0.25) is 0 Å². The minimum Gasteiger partial charge on any atom is -0.463 e. The van der Waals surface area contributed by atoms with Gasteiger partial charge in [-0.2, -0.15) is 4.98 Å². The molecule has 1 aromatic heterocycles. The van der Waals surface area contributed by atoms with Crippen LogP contribution in [-0.4, -0.2) is 16.2 Å². The largest absolute Gasteiger partial charge is 0.463 e. The van der Waals surface area contributed by atoms with E-state index in [1.807, 2.05) is 10.8 Å². The summed E-state index contributed by atoms with van der Waals surface area (Å²) >= 11 is 3.25. The molecule has 0 saturated carbocycles. The monoisotopic (exact) mass is 188 g/mol. The van der Waals surface area contributed by atoms with E-state index in [0.29, 0.717) is 0 Å². The number of nitrogens with zero attached hydrogens (tertiary/aromatic N) is 2. The maximum absolute atomic E-state index is 5.14. The van der Waals surface area contributed by atoms with Gasteiger partial charge < -0.3 is 4.74 Å². The molecule has 1 aromatic rings. The zero-order chi connectivity index (χ0) is 6.27. The quantitative estimate of drug-likeness (QED) is 0.609. The lowest BCUT2D eigenvalue weighted by Gasteiger charge is -1.85. The topological polar surface area (TPSA) is 27.1 Å². The van der Waals surface area contributed by atoms with E-state index in [9.17, 15) is 0 Å². The van der Waals surface area contributed by atoms with Crippen LogP contribution in [0.5, 0.6) is 6.01 Å². The molecule has 0 N–H and O–H groups in total. The van der Waals surface area contributed by atoms with Crippen LogP contribution >= 0.6 is 15.9 Å². The first-order valence-corrected chi connectivity index (χ1v) is 3.51. The maximum Gasteiger partial charge on any atom is 0.297 e. The Morgan fingerprint density at radius 2 is 2.67 bits per heavy atom. The van der Waals surface area contributed by atoms with Gasteiger partial charge in [0, 0.05) is 6.20 Å². The number of halogens is 1. The lowest BCUT2D eigenvalue weighted by atomic mass is 10.7. The smallest absolute Gasteiger partial charge is 0.297 e. The molecule has 0 unspecified atom stereocenters. The summed E-state index contributed by atoms with van der Waals surface area (Å²) in [5, 5.41) is 0. The summed E-state index contributed by atoms with van der Waals surface area (Å²) in [6.45, 7) is 1.68. The first-order valence-electron chi connectivity index (χ1n) is 2.72. The molecule has 0 saturated heterocycles. The molecule has 0 amide bonds. The summed E-state index contributed by atoms with van der Waals surface area (Å²) < 4.78 is 7.96. The highest BCUT2D eigenvalue weighted by Crippen LogP contribution is 2.19. The van der Waals surface area contributed by atoms with Gasteiger partial charge >= 0.3 is 0 Å². The molecular weight excluding hydrogens is 184 g/mol. The van der Waals surface area contributed by atoms with Crippen molar-refractivity contribution >= 4 is 15.9 Å². The van der Waals surface area contributed by atoms with Crippen molar-refractivity contribution < 1.29 is 4.74 Å². The summed E-state index contributed by atoms with van der Waals surface area (Å²) in [5.74, 6) is 0. The van der Waals surface area contributed by atoms with E-state index in [-0.39, 0.29) is 0 Å². The number of hydrogen-bond donors (Lipinski definition) is 0. The van der Waals surface area contributed by atoms with Gasteiger partial charge in [0.15, 0.2) is 0 Å². The summed E-state index contributed by atoms with van der Waals surface area (Å²) in [7, 11) is 0. The van der Waals surface area contributed by atoms with Gasteiger partial charge in [-0.1, -0.05) is 0 Å². The molecule has 9 heavy (non-hydrogen) atoms. The van der Waals surface area contributed by atoms with E-state index in [2.05, 4.69) is 20.9 Å². The van der Waals surface area contributed by atoms with Gasteiger partial charge in [-0.15, -0.1) is 0 Å². The molecular formula is C5H5BrN2O. The van der Waals surface area contributed by atoms with Gasteiger partial charge in [0.1, 0.15) is 11.2 Å². The van der Waals surface area contributed by atoms with E-state index in [1.54, 1.807) is 0 Å². The zero-order valence-corrected chi connectivity index (χ0v) is 6.26.